The topological polar surface area (TPSA) is 67.0 Å². The predicted molar refractivity (Wildman–Crippen MR) is 118 cm³/mol. The van der Waals surface area contributed by atoms with Gasteiger partial charge in [0.1, 0.15) is 6.61 Å². The number of aromatic amines is 1. The van der Waals surface area contributed by atoms with Crippen LogP contribution in [0.3, 0.4) is 0 Å². The first kappa shape index (κ1) is 18.2. The second-order valence-corrected chi connectivity index (χ2v) is 7.26. The number of carbonyl (C=O) groups is 1. The van der Waals surface area contributed by atoms with Crippen LogP contribution < -0.4 is 5.32 Å². The molecule has 148 valence electrons. The van der Waals surface area contributed by atoms with E-state index in [4.69, 9.17) is 4.74 Å². The van der Waals surface area contributed by atoms with E-state index in [1.165, 1.54) is 22.3 Å². The number of aromatic nitrogens is 2. The fourth-order valence-corrected chi connectivity index (χ4v) is 4.08. The molecular weight excluding hydrogens is 374 g/mol. The highest BCUT2D eigenvalue weighted by molar-refractivity contribution is 5.86. The molecule has 5 nitrogen and oxygen atoms in total. The van der Waals surface area contributed by atoms with E-state index in [0.29, 0.717) is 13.2 Å². The molecule has 5 heteroatoms. The smallest absolute Gasteiger partial charge is 0.407 e. The van der Waals surface area contributed by atoms with Gasteiger partial charge in [-0.15, -0.1) is 0 Å². The molecule has 30 heavy (non-hydrogen) atoms. The first-order valence-electron chi connectivity index (χ1n) is 10.00. The van der Waals surface area contributed by atoms with E-state index < -0.39 is 6.09 Å². The van der Waals surface area contributed by atoms with E-state index in [9.17, 15) is 4.79 Å². The third-order valence-corrected chi connectivity index (χ3v) is 5.48. The van der Waals surface area contributed by atoms with Gasteiger partial charge in [-0.05, 0) is 34.4 Å². The van der Waals surface area contributed by atoms with Crippen molar-refractivity contribution in [2.24, 2.45) is 0 Å². The Morgan fingerprint density at radius 2 is 1.63 bits per heavy atom. The van der Waals surface area contributed by atoms with Gasteiger partial charge >= 0.3 is 6.09 Å². The Labute approximate surface area is 174 Å². The fraction of sp³-hybridized carbons (Fsp3) is 0.120. The summed E-state index contributed by atoms with van der Waals surface area (Å²) in [6, 6.07) is 24.5. The minimum absolute atomic E-state index is 0.0649. The molecule has 1 amide bonds. The summed E-state index contributed by atoms with van der Waals surface area (Å²) in [6.07, 6.45) is 3.37. The number of ether oxygens (including phenoxy) is 1. The van der Waals surface area contributed by atoms with Crippen LogP contribution >= 0.6 is 0 Å². The third kappa shape index (κ3) is 3.35. The largest absolute Gasteiger partial charge is 0.449 e. The van der Waals surface area contributed by atoms with E-state index in [-0.39, 0.29) is 5.92 Å². The van der Waals surface area contributed by atoms with Crippen molar-refractivity contribution in [1.29, 1.82) is 0 Å². The molecule has 1 aromatic heterocycles. The molecule has 1 aliphatic rings. The second kappa shape index (κ2) is 7.87. The van der Waals surface area contributed by atoms with Crippen LogP contribution in [0.2, 0.25) is 0 Å². The number of carbonyl (C=O) groups excluding carboxylic acids is 1. The number of H-pyrrole nitrogens is 1. The normalized spacial score (nSPS) is 12.8. The van der Waals surface area contributed by atoms with Crippen molar-refractivity contribution < 1.29 is 9.53 Å². The first-order chi connectivity index (χ1) is 14.8. The van der Waals surface area contributed by atoms with Crippen LogP contribution in [0.5, 0.6) is 0 Å². The zero-order chi connectivity index (χ0) is 20.3. The van der Waals surface area contributed by atoms with Crippen LogP contribution in [0.25, 0.3) is 28.1 Å². The number of benzene rings is 3. The Balaban J connectivity index is 1.19. The predicted octanol–water partition coefficient (Wildman–Crippen LogP) is 5.11. The summed E-state index contributed by atoms with van der Waals surface area (Å²) in [5.74, 6) is 0.0649. The molecule has 0 fully saturated rings. The summed E-state index contributed by atoms with van der Waals surface area (Å²) < 4.78 is 5.54. The highest BCUT2D eigenvalue weighted by Crippen LogP contribution is 2.44. The summed E-state index contributed by atoms with van der Waals surface area (Å²) in [5.41, 5.74) is 6.69. The lowest BCUT2D eigenvalue weighted by Crippen LogP contribution is -2.26. The van der Waals surface area contributed by atoms with Gasteiger partial charge in [0.15, 0.2) is 0 Å². The molecule has 0 aliphatic heterocycles. The minimum atomic E-state index is -0.420. The van der Waals surface area contributed by atoms with Crippen LogP contribution in [0.4, 0.5) is 4.79 Å². The van der Waals surface area contributed by atoms with Gasteiger partial charge in [0.2, 0.25) is 0 Å². The lowest BCUT2D eigenvalue weighted by Gasteiger charge is -2.14. The van der Waals surface area contributed by atoms with Gasteiger partial charge in [-0.25, -0.2) is 4.79 Å². The van der Waals surface area contributed by atoms with E-state index in [1.54, 1.807) is 0 Å². The molecule has 0 unspecified atom stereocenters. The zero-order valence-corrected chi connectivity index (χ0v) is 16.3. The number of alkyl carbamates (subject to hydrolysis) is 1. The first-order valence-corrected chi connectivity index (χ1v) is 10.00. The van der Waals surface area contributed by atoms with Crippen LogP contribution in [-0.4, -0.2) is 29.4 Å². The van der Waals surface area contributed by atoms with Crippen LogP contribution in [0.1, 0.15) is 22.7 Å². The Morgan fingerprint density at radius 3 is 2.40 bits per heavy atom. The lowest BCUT2D eigenvalue weighted by atomic mass is 9.98. The van der Waals surface area contributed by atoms with E-state index in [0.717, 1.165) is 16.6 Å². The highest BCUT2D eigenvalue weighted by Gasteiger charge is 2.28. The van der Waals surface area contributed by atoms with Gasteiger partial charge in [0.05, 0.1) is 11.2 Å². The van der Waals surface area contributed by atoms with Crippen LogP contribution in [-0.2, 0) is 4.74 Å². The van der Waals surface area contributed by atoms with Gasteiger partial charge in [-0.1, -0.05) is 72.8 Å². The Hall–Kier alpha value is -3.86. The monoisotopic (exact) mass is 395 g/mol. The number of hydrogen-bond acceptors (Lipinski definition) is 3. The molecule has 0 bridgehead atoms. The average Bonchev–Trinajstić information content (AvgIpc) is 3.34. The minimum Gasteiger partial charge on any atom is -0.449 e. The Morgan fingerprint density at radius 1 is 0.967 bits per heavy atom. The van der Waals surface area contributed by atoms with Crippen molar-refractivity contribution in [2.45, 2.75) is 5.92 Å². The number of fused-ring (bicyclic) bond motifs is 4. The van der Waals surface area contributed by atoms with Crippen molar-refractivity contribution in [1.82, 2.24) is 15.5 Å². The van der Waals surface area contributed by atoms with Gasteiger partial charge < -0.3 is 10.1 Å². The number of para-hydroxylation sites is 1. The van der Waals surface area contributed by atoms with Crippen molar-refractivity contribution >= 4 is 23.1 Å². The molecule has 2 N–H and O–H groups in total. The van der Waals surface area contributed by atoms with E-state index in [2.05, 4.69) is 39.8 Å². The van der Waals surface area contributed by atoms with Gasteiger partial charge in [-0.3, -0.25) is 5.10 Å². The van der Waals surface area contributed by atoms with Crippen LogP contribution in [0.15, 0.2) is 78.9 Å². The summed E-state index contributed by atoms with van der Waals surface area (Å²) in [4.78, 5) is 12.2. The molecule has 1 heterocycles. The highest BCUT2D eigenvalue weighted by atomic mass is 16.5. The molecule has 0 radical (unpaired) electrons. The molecule has 1 aliphatic carbocycles. The molecule has 0 atom stereocenters. The van der Waals surface area contributed by atoms with Gasteiger partial charge in [0, 0.05) is 17.8 Å². The zero-order valence-electron chi connectivity index (χ0n) is 16.3. The molecule has 0 spiro atoms. The van der Waals surface area contributed by atoms with E-state index >= 15 is 0 Å². The number of nitrogens with zero attached hydrogens (tertiary/aromatic N) is 1. The van der Waals surface area contributed by atoms with Crippen molar-refractivity contribution in [3.8, 4) is 11.1 Å². The van der Waals surface area contributed by atoms with Crippen molar-refractivity contribution in [3.63, 3.8) is 0 Å². The van der Waals surface area contributed by atoms with Crippen molar-refractivity contribution in [2.75, 3.05) is 13.2 Å². The number of amides is 1. The van der Waals surface area contributed by atoms with E-state index in [1.807, 2.05) is 60.7 Å². The number of rotatable bonds is 5. The van der Waals surface area contributed by atoms with Gasteiger partial charge in [-0.2, -0.15) is 5.10 Å². The summed E-state index contributed by atoms with van der Waals surface area (Å²) in [7, 11) is 0. The molecule has 0 saturated heterocycles. The molecule has 5 rings (SSSR count). The quantitative estimate of drug-likeness (QED) is 0.493. The number of hydrogen-bond donors (Lipinski definition) is 2. The average molecular weight is 395 g/mol. The maximum atomic E-state index is 12.2. The second-order valence-electron chi connectivity index (χ2n) is 7.26. The van der Waals surface area contributed by atoms with Crippen molar-refractivity contribution in [3.05, 3.63) is 95.7 Å². The maximum absolute atomic E-state index is 12.2. The summed E-state index contributed by atoms with van der Waals surface area (Å²) >= 11 is 0. The lowest BCUT2D eigenvalue weighted by molar-refractivity contribution is 0.144. The molecule has 3 aromatic carbocycles. The van der Waals surface area contributed by atoms with Gasteiger partial charge in [0.25, 0.3) is 0 Å². The summed E-state index contributed by atoms with van der Waals surface area (Å²) in [6.45, 7) is 0.693. The standard InChI is InChI=1S/C25H21N3O2/c29-25(26-15-7-14-24-21-12-5-6-13-23(21)27-28-24)30-16-22-19-10-3-1-8-17(19)18-9-2-4-11-20(18)22/h1-14,22H,15-16H2,(H,26,29)(H,27,28). The third-order valence-electron chi connectivity index (χ3n) is 5.48. The van der Waals surface area contributed by atoms with Crippen LogP contribution in [0, 0.1) is 0 Å². The molecular formula is C25H21N3O2. The molecule has 4 aromatic rings. The maximum Gasteiger partial charge on any atom is 0.407 e. The molecule has 0 saturated carbocycles. The summed E-state index contributed by atoms with van der Waals surface area (Å²) in [5, 5.41) is 11.1. The SMILES string of the molecule is O=C(NCC=Cc1[nH]nc2ccccc12)OCC1c2ccccc2-c2ccccc21. The number of nitrogens with one attached hydrogen (secondary N) is 2. The Kier molecular flexibility index (Phi) is 4.77. The Bertz CT molecular complexity index is 1200. The fourth-order valence-electron chi connectivity index (χ4n) is 4.08.